The van der Waals surface area contributed by atoms with E-state index in [9.17, 15) is 9.59 Å². The Labute approximate surface area is 130 Å². The fourth-order valence-corrected chi connectivity index (χ4v) is 2.70. The lowest BCUT2D eigenvalue weighted by atomic mass is 10.0. The molecule has 0 aliphatic carbocycles. The highest BCUT2D eigenvalue weighted by molar-refractivity contribution is 7.09. The molecule has 0 spiro atoms. The number of carbonyl (C=O) groups excluding carboxylic acids is 1. The van der Waals surface area contributed by atoms with Crippen LogP contribution < -0.4 is 5.32 Å². The minimum Gasteiger partial charge on any atom is -0.481 e. The molecule has 1 aromatic rings. The van der Waals surface area contributed by atoms with Crippen LogP contribution in [0.5, 0.6) is 0 Å². The predicted molar refractivity (Wildman–Crippen MR) is 84.4 cm³/mol. The minimum atomic E-state index is -0.824. The summed E-state index contributed by atoms with van der Waals surface area (Å²) in [6.45, 7) is 6.86. The predicted octanol–water partition coefficient (Wildman–Crippen LogP) is 3.17. The smallest absolute Gasteiger partial charge is 0.317 e. The van der Waals surface area contributed by atoms with Crippen molar-refractivity contribution in [1.82, 2.24) is 10.2 Å². The standard InChI is InChI=1S/C15H24N2O3S/c1-4-12(8-14(18)19)9-16-15(20)17(11(2)3)10-13-6-5-7-21-13/h5-7,11-12H,4,8-10H2,1-3H3,(H,16,20)(H,18,19). The van der Waals surface area contributed by atoms with Crippen molar-refractivity contribution in [2.24, 2.45) is 5.92 Å². The van der Waals surface area contributed by atoms with Gasteiger partial charge in [-0.15, -0.1) is 11.3 Å². The molecule has 1 unspecified atom stereocenters. The molecule has 2 amide bonds. The quantitative estimate of drug-likeness (QED) is 0.774. The van der Waals surface area contributed by atoms with Crippen LogP contribution in [0.2, 0.25) is 0 Å². The van der Waals surface area contributed by atoms with E-state index in [1.807, 2.05) is 38.3 Å². The highest BCUT2D eigenvalue weighted by Crippen LogP contribution is 2.14. The number of carboxylic acid groups (broad SMARTS) is 1. The Hall–Kier alpha value is -1.56. The summed E-state index contributed by atoms with van der Waals surface area (Å²) in [7, 11) is 0. The fraction of sp³-hybridized carbons (Fsp3) is 0.600. The Morgan fingerprint density at radius 3 is 2.62 bits per heavy atom. The lowest BCUT2D eigenvalue weighted by molar-refractivity contribution is -0.138. The zero-order chi connectivity index (χ0) is 15.8. The first-order valence-electron chi connectivity index (χ1n) is 7.22. The molecular weight excluding hydrogens is 288 g/mol. The zero-order valence-corrected chi connectivity index (χ0v) is 13.7. The molecule has 1 aromatic heterocycles. The molecule has 0 saturated heterocycles. The molecular formula is C15H24N2O3S. The van der Waals surface area contributed by atoms with Gasteiger partial charge in [-0.05, 0) is 31.2 Å². The second kappa shape index (κ2) is 8.67. The van der Waals surface area contributed by atoms with Crippen LogP contribution in [0, 0.1) is 5.92 Å². The van der Waals surface area contributed by atoms with Gasteiger partial charge in [-0.2, -0.15) is 0 Å². The van der Waals surface area contributed by atoms with Gasteiger partial charge in [-0.25, -0.2) is 4.79 Å². The van der Waals surface area contributed by atoms with Gasteiger partial charge in [0.05, 0.1) is 6.54 Å². The van der Waals surface area contributed by atoms with E-state index < -0.39 is 5.97 Å². The number of nitrogens with one attached hydrogen (secondary N) is 1. The van der Waals surface area contributed by atoms with Crippen LogP contribution >= 0.6 is 11.3 Å². The molecule has 1 atom stereocenters. The summed E-state index contributed by atoms with van der Waals surface area (Å²) in [5.41, 5.74) is 0. The maximum atomic E-state index is 12.3. The average Bonchev–Trinajstić information content (AvgIpc) is 2.92. The van der Waals surface area contributed by atoms with Gasteiger partial charge in [0.25, 0.3) is 0 Å². The van der Waals surface area contributed by atoms with Crippen molar-refractivity contribution >= 4 is 23.3 Å². The van der Waals surface area contributed by atoms with Gasteiger partial charge in [0.2, 0.25) is 0 Å². The Morgan fingerprint density at radius 1 is 1.43 bits per heavy atom. The van der Waals surface area contributed by atoms with Crippen LogP contribution in [0.3, 0.4) is 0 Å². The van der Waals surface area contributed by atoms with Crippen molar-refractivity contribution in [3.8, 4) is 0 Å². The molecule has 0 aromatic carbocycles. The molecule has 0 aliphatic rings. The summed E-state index contributed by atoms with van der Waals surface area (Å²) in [5, 5.41) is 13.7. The number of thiophene rings is 1. The Bertz CT molecular complexity index is 446. The molecule has 0 saturated carbocycles. The Kier molecular flexibility index (Phi) is 7.22. The van der Waals surface area contributed by atoms with Crippen LogP contribution in [-0.4, -0.2) is 34.6 Å². The summed E-state index contributed by atoms with van der Waals surface area (Å²) >= 11 is 1.62. The van der Waals surface area contributed by atoms with E-state index in [0.29, 0.717) is 13.1 Å². The fourth-order valence-electron chi connectivity index (χ4n) is 2.00. The summed E-state index contributed by atoms with van der Waals surface area (Å²) in [4.78, 5) is 25.9. The van der Waals surface area contributed by atoms with Gasteiger partial charge < -0.3 is 15.3 Å². The van der Waals surface area contributed by atoms with Crippen LogP contribution in [0.25, 0.3) is 0 Å². The number of carbonyl (C=O) groups is 2. The van der Waals surface area contributed by atoms with E-state index in [1.165, 1.54) is 0 Å². The molecule has 0 aliphatic heterocycles. The second-order valence-electron chi connectivity index (χ2n) is 5.36. The maximum absolute atomic E-state index is 12.3. The SMILES string of the molecule is CCC(CNC(=O)N(Cc1cccs1)C(C)C)CC(=O)O. The topological polar surface area (TPSA) is 69.6 Å². The third-order valence-corrected chi connectivity index (χ3v) is 4.23. The molecule has 1 rings (SSSR count). The van der Waals surface area contributed by atoms with E-state index in [4.69, 9.17) is 5.11 Å². The molecule has 1 heterocycles. The molecule has 0 bridgehead atoms. The average molecular weight is 312 g/mol. The molecule has 0 radical (unpaired) electrons. The molecule has 5 nitrogen and oxygen atoms in total. The van der Waals surface area contributed by atoms with Crippen LogP contribution in [0.15, 0.2) is 17.5 Å². The van der Waals surface area contributed by atoms with Crippen LogP contribution in [0.1, 0.15) is 38.5 Å². The van der Waals surface area contributed by atoms with Gasteiger partial charge in [0, 0.05) is 23.9 Å². The normalized spacial score (nSPS) is 12.2. The minimum absolute atomic E-state index is 0.0257. The van der Waals surface area contributed by atoms with Crippen molar-refractivity contribution in [3.05, 3.63) is 22.4 Å². The second-order valence-corrected chi connectivity index (χ2v) is 6.39. The van der Waals surface area contributed by atoms with Crippen molar-refractivity contribution < 1.29 is 14.7 Å². The highest BCUT2D eigenvalue weighted by atomic mass is 32.1. The maximum Gasteiger partial charge on any atom is 0.317 e. The van der Waals surface area contributed by atoms with Crippen molar-refractivity contribution in [3.63, 3.8) is 0 Å². The van der Waals surface area contributed by atoms with Crippen molar-refractivity contribution in [1.29, 1.82) is 0 Å². The summed E-state index contributed by atoms with van der Waals surface area (Å²) in [6, 6.07) is 3.93. The largest absolute Gasteiger partial charge is 0.481 e. The summed E-state index contributed by atoms with van der Waals surface area (Å²) < 4.78 is 0. The van der Waals surface area contributed by atoms with E-state index >= 15 is 0 Å². The lowest BCUT2D eigenvalue weighted by Crippen LogP contribution is -2.44. The third kappa shape index (κ3) is 6.16. The lowest BCUT2D eigenvalue weighted by Gasteiger charge is -2.27. The Balaban J connectivity index is 2.54. The molecule has 6 heteroatoms. The number of carboxylic acids is 1. The zero-order valence-electron chi connectivity index (χ0n) is 12.8. The number of amides is 2. The molecule has 21 heavy (non-hydrogen) atoms. The third-order valence-electron chi connectivity index (χ3n) is 3.37. The van der Waals surface area contributed by atoms with E-state index in [2.05, 4.69) is 5.32 Å². The molecule has 0 fully saturated rings. The van der Waals surface area contributed by atoms with Gasteiger partial charge in [0.15, 0.2) is 0 Å². The number of nitrogens with zero attached hydrogens (tertiary/aromatic N) is 1. The van der Waals surface area contributed by atoms with Gasteiger partial charge in [-0.3, -0.25) is 4.79 Å². The van der Waals surface area contributed by atoms with Gasteiger partial charge >= 0.3 is 12.0 Å². The van der Waals surface area contributed by atoms with Gasteiger partial charge in [-0.1, -0.05) is 19.4 Å². The Morgan fingerprint density at radius 2 is 2.14 bits per heavy atom. The number of rotatable bonds is 8. The van der Waals surface area contributed by atoms with E-state index in [0.717, 1.165) is 11.3 Å². The number of hydrogen-bond acceptors (Lipinski definition) is 3. The number of aliphatic carboxylic acids is 1. The summed E-state index contributed by atoms with van der Waals surface area (Å²) in [6.07, 6.45) is 0.822. The van der Waals surface area contributed by atoms with E-state index in [-0.39, 0.29) is 24.4 Å². The number of hydrogen-bond donors (Lipinski definition) is 2. The molecule has 2 N–H and O–H groups in total. The van der Waals surface area contributed by atoms with Gasteiger partial charge in [0.1, 0.15) is 0 Å². The first kappa shape index (κ1) is 17.5. The monoisotopic (exact) mass is 312 g/mol. The first-order chi connectivity index (χ1) is 9.93. The summed E-state index contributed by atoms with van der Waals surface area (Å²) in [5.74, 6) is -0.849. The van der Waals surface area contributed by atoms with Crippen LogP contribution in [0.4, 0.5) is 4.79 Å². The van der Waals surface area contributed by atoms with Crippen molar-refractivity contribution in [2.45, 2.75) is 46.2 Å². The first-order valence-corrected chi connectivity index (χ1v) is 8.10. The molecule has 118 valence electrons. The van der Waals surface area contributed by atoms with Crippen molar-refractivity contribution in [2.75, 3.05) is 6.54 Å². The van der Waals surface area contributed by atoms with Crippen LogP contribution in [-0.2, 0) is 11.3 Å². The highest BCUT2D eigenvalue weighted by Gasteiger charge is 2.19. The number of urea groups is 1. The van der Waals surface area contributed by atoms with E-state index in [1.54, 1.807) is 16.2 Å².